The number of urea groups is 1. The van der Waals surface area contributed by atoms with Crippen molar-refractivity contribution in [2.24, 2.45) is 0 Å². The number of hydrogen-bond donors (Lipinski definition) is 2. The topological polar surface area (TPSA) is 105 Å². The van der Waals surface area contributed by atoms with Gasteiger partial charge in [0.25, 0.3) is 0 Å². The Hall–Kier alpha value is -4.08. The van der Waals surface area contributed by atoms with Crippen molar-refractivity contribution in [3.8, 4) is 11.5 Å². The molecule has 10 nitrogen and oxygen atoms in total. The number of carbonyl (C=O) groups is 1. The first-order valence-corrected chi connectivity index (χ1v) is 10.9. The van der Waals surface area contributed by atoms with E-state index in [0.717, 1.165) is 17.2 Å². The molecule has 1 aromatic carbocycles. The molecule has 0 unspecified atom stereocenters. The normalized spacial score (nSPS) is 15.2. The maximum atomic E-state index is 12.7. The summed E-state index contributed by atoms with van der Waals surface area (Å²) in [5.74, 6) is 3.50. The molecule has 33 heavy (non-hydrogen) atoms. The first-order valence-electron chi connectivity index (χ1n) is 10.9. The quantitative estimate of drug-likeness (QED) is 0.629. The molecule has 0 radical (unpaired) electrons. The smallest absolute Gasteiger partial charge is 0.321 e. The number of fused-ring (bicyclic) bond motifs is 1. The van der Waals surface area contributed by atoms with Gasteiger partial charge in [0.1, 0.15) is 19.0 Å². The molecule has 2 amide bonds. The SMILES string of the molecule is Cc1ccnc(Nc2ccc(N3CCN(C(=O)Nc4ccc5c(c4)OCCO5)CC3)nn2)c1. The molecule has 0 aliphatic carbocycles. The van der Waals surface area contributed by atoms with Crippen molar-refractivity contribution in [2.75, 3.05) is 54.9 Å². The van der Waals surface area contributed by atoms with Gasteiger partial charge in [-0.3, -0.25) is 0 Å². The van der Waals surface area contributed by atoms with Gasteiger partial charge in [0, 0.05) is 44.1 Å². The van der Waals surface area contributed by atoms with E-state index in [1.165, 1.54) is 0 Å². The Morgan fingerprint density at radius 2 is 1.73 bits per heavy atom. The summed E-state index contributed by atoms with van der Waals surface area (Å²) in [6.45, 7) is 5.59. The van der Waals surface area contributed by atoms with Gasteiger partial charge in [-0.05, 0) is 48.9 Å². The van der Waals surface area contributed by atoms with Crippen LogP contribution in [-0.2, 0) is 0 Å². The highest BCUT2D eigenvalue weighted by Crippen LogP contribution is 2.32. The predicted molar refractivity (Wildman–Crippen MR) is 125 cm³/mol. The van der Waals surface area contributed by atoms with E-state index in [4.69, 9.17) is 9.47 Å². The van der Waals surface area contributed by atoms with E-state index in [0.29, 0.717) is 62.4 Å². The number of rotatable bonds is 4. The zero-order valence-corrected chi connectivity index (χ0v) is 18.3. The van der Waals surface area contributed by atoms with Crippen LogP contribution in [0.5, 0.6) is 11.5 Å². The van der Waals surface area contributed by atoms with E-state index in [9.17, 15) is 4.79 Å². The van der Waals surface area contributed by atoms with Crippen LogP contribution in [0.3, 0.4) is 0 Å². The fourth-order valence-corrected chi connectivity index (χ4v) is 3.76. The molecule has 0 spiro atoms. The van der Waals surface area contributed by atoms with Gasteiger partial charge < -0.3 is 29.9 Å². The van der Waals surface area contributed by atoms with Crippen LogP contribution in [0, 0.1) is 6.92 Å². The number of ether oxygens (including phenoxy) is 2. The van der Waals surface area contributed by atoms with Crippen molar-refractivity contribution >= 4 is 29.2 Å². The predicted octanol–water partition coefficient (Wildman–Crippen LogP) is 3.05. The molecular formula is C23H25N7O3. The lowest BCUT2D eigenvalue weighted by Gasteiger charge is -2.35. The third-order valence-corrected chi connectivity index (χ3v) is 5.51. The highest BCUT2D eigenvalue weighted by atomic mass is 16.6. The zero-order valence-electron chi connectivity index (χ0n) is 18.3. The van der Waals surface area contributed by atoms with Crippen LogP contribution < -0.4 is 25.0 Å². The van der Waals surface area contributed by atoms with E-state index in [2.05, 4.69) is 30.7 Å². The number of piperazine rings is 1. The highest BCUT2D eigenvalue weighted by Gasteiger charge is 2.23. The Labute approximate surface area is 191 Å². The molecule has 5 rings (SSSR count). The van der Waals surface area contributed by atoms with Crippen molar-refractivity contribution < 1.29 is 14.3 Å². The third kappa shape index (κ3) is 4.89. The Morgan fingerprint density at radius 1 is 0.909 bits per heavy atom. The molecule has 4 heterocycles. The number of pyridine rings is 1. The van der Waals surface area contributed by atoms with Gasteiger partial charge in [-0.1, -0.05) is 0 Å². The summed E-state index contributed by atoms with van der Waals surface area (Å²) in [7, 11) is 0. The van der Waals surface area contributed by atoms with E-state index >= 15 is 0 Å². The molecule has 2 aliphatic rings. The molecule has 2 N–H and O–H groups in total. The number of anilines is 4. The van der Waals surface area contributed by atoms with Crippen LogP contribution in [0.2, 0.25) is 0 Å². The fourth-order valence-electron chi connectivity index (χ4n) is 3.76. The summed E-state index contributed by atoms with van der Waals surface area (Å²) in [6, 6.07) is 13.0. The molecule has 1 fully saturated rings. The van der Waals surface area contributed by atoms with Crippen molar-refractivity contribution in [2.45, 2.75) is 6.92 Å². The van der Waals surface area contributed by atoms with Crippen LogP contribution in [0.25, 0.3) is 0 Å². The molecular weight excluding hydrogens is 422 g/mol. The molecule has 0 atom stereocenters. The van der Waals surface area contributed by atoms with Gasteiger partial charge in [0.05, 0.1) is 0 Å². The second-order valence-corrected chi connectivity index (χ2v) is 7.88. The lowest BCUT2D eigenvalue weighted by molar-refractivity contribution is 0.171. The lowest BCUT2D eigenvalue weighted by atomic mass is 10.2. The minimum absolute atomic E-state index is 0.136. The van der Waals surface area contributed by atoms with Gasteiger partial charge >= 0.3 is 6.03 Å². The molecule has 2 aliphatic heterocycles. The largest absolute Gasteiger partial charge is 0.486 e. The van der Waals surface area contributed by atoms with Crippen LogP contribution >= 0.6 is 0 Å². The molecule has 170 valence electrons. The first-order chi connectivity index (χ1) is 16.1. The van der Waals surface area contributed by atoms with Gasteiger partial charge in [-0.2, -0.15) is 0 Å². The van der Waals surface area contributed by atoms with Gasteiger partial charge in [0.2, 0.25) is 0 Å². The van der Waals surface area contributed by atoms with Crippen LogP contribution in [0.1, 0.15) is 5.56 Å². The van der Waals surface area contributed by atoms with E-state index in [1.54, 1.807) is 17.2 Å². The van der Waals surface area contributed by atoms with Crippen molar-refractivity contribution in [3.05, 3.63) is 54.2 Å². The molecule has 0 bridgehead atoms. The second kappa shape index (κ2) is 9.19. The molecule has 0 saturated carbocycles. The molecule has 1 saturated heterocycles. The summed E-state index contributed by atoms with van der Waals surface area (Å²) in [5.41, 5.74) is 1.80. The van der Waals surface area contributed by atoms with Crippen molar-refractivity contribution in [3.63, 3.8) is 0 Å². The summed E-state index contributed by atoms with van der Waals surface area (Å²) < 4.78 is 11.1. The van der Waals surface area contributed by atoms with Crippen LogP contribution in [-0.4, -0.2) is 65.5 Å². The number of nitrogens with zero attached hydrogens (tertiary/aromatic N) is 5. The number of carbonyl (C=O) groups excluding carboxylic acids is 1. The van der Waals surface area contributed by atoms with Crippen molar-refractivity contribution in [1.29, 1.82) is 0 Å². The third-order valence-electron chi connectivity index (χ3n) is 5.51. The Balaban J connectivity index is 1.14. The lowest BCUT2D eigenvalue weighted by Crippen LogP contribution is -2.50. The van der Waals surface area contributed by atoms with Gasteiger partial charge in [-0.15, -0.1) is 10.2 Å². The van der Waals surface area contributed by atoms with E-state index in [1.807, 2.05) is 43.3 Å². The maximum absolute atomic E-state index is 12.7. The average Bonchev–Trinajstić information content (AvgIpc) is 2.85. The summed E-state index contributed by atoms with van der Waals surface area (Å²) in [5, 5.41) is 14.7. The average molecular weight is 447 g/mol. The fraction of sp³-hybridized carbons (Fsp3) is 0.304. The molecule has 3 aromatic rings. The number of aromatic nitrogens is 3. The van der Waals surface area contributed by atoms with Crippen LogP contribution in [0.4, 0.5) is 27.9 Å². The zero-order chi connectivity index (χ0) is 22.6. The minimum atomic E-state index is -0.136. The Kier molecular flexibility index (Phi) is 5.79. The second-order valence-electron chi connectivity index (χ2n) is 7.88. The number of amides is 2. The number of hydrogen-bond acceptors (Lipinski definition) is 8. The minimum Gasteiger partial charge on any atom is -0.486 e. The monoisotopic (exact) mass is 447 g/mol. The Morgan fingerprint density at radius 3 is 2.48 bits per heavy atom. The first kappa shape index (κ1) is 20.8. The molecule has 2 aromatic heterocycles. The van der Waals surface area contributed by atoms with Crippen molar-refractivity contribution in [1.82, 2.24) is 20.1 Å². The summed E-state index contributed by atoms with van der Waals surface area (Å²) in [4.78, 5) is 20.9. The maximum Gasteiger partial charge on any atom is 0.321 e. The Bertz CT molecular complexity index is 1130. The van der Waals surface area contributed by atoms with E-state index in [-0.39, 0.29) is 6.03 Å². The highest BCUT2D eigenvalue weighted by molar-refractivity contribution is 5.90. The van der Waals surface area contributed by atoms with E-state index < -0.39 is 0 Å². The standard InChI is InChI=1S/C23H25N7O3/c1-16-6-7-24-21(14-16)26-20-4-5-22(28-27-20)29-8-10-30(11-9-29)23(31)25-17-2-3-18-19(15-17)33-13-12-32-18/h2-7,14-15H,8-13H2,1H3,(H,25,31)(H,24,26,27). The number of benzene rings is 1. The number of nitrogens with one attached hydrogen (secondary N) is 2. The van der Waals surface area contributed by atoms with Crippen LogP contribution in [0.15, 0.2) is 48.7 Å². The molecule has 10 heteroatoms. The number of aryl methyl sites for hydroxylation is 1. The van der Waals surface area contributed by atoms with Gasteiger partial charge in [-0.25, -0.2) is 9.78 Å². The van der Waals surface area contributed by atoms with Gasteiger partial charge in [0.15, 0.2) is 23.1 Å². The summed E-state index contributed by atoms with van der Waals surface area (Å²) >= 11 is 0. The summed E-state index contributed by atoms with van der Waals surface area (Å²) in [6.07, 6.45) is 1.75.